The van der Waals surface area contributed by atoms with Crippen molar-refractivity contribution in [2.45, 2.75) is 46.5 Å². The Labute approximate surface area is 70.7 Å². The van der Waals surface area contributed by atoms with Crippen molar-refractivity contribution >= 4 is 0 Å². The average Bonchev–Trinajstić information content (AvgIpc) is 1.86. The lowest BCUT2D eigenvalue weighted by molar-refractivity contribution is 0.236. The molecule has 0 saturated heterocycles. The Balaban J connectivity index is 2.62. The molecule has 0 heterocycles. The Morgan fingerprint density at radius 1 is 1.27 bits per heavy atom. The Kier molecular flexibility index (Phi) is 2.41. The number of allylic oxidation sites excluding steroid dienone is 1. The van der Waals surface area contributed by atoms with Crippen molar-refractivity contribution in [3.63, 3.8) is 0 Å². The van der Waals surface area contributed by atoms with Crippen LogP contribution in [0.25, 0.3) is 0 Å². The molecule has 1 saturated carbocycles. The molecular weight excluding hydrogens is 132 g/mol. The third-order valence-electron chi connectivity index (χ3n) is 2.78. The molecular formula is C11H20. The smallest absolute Gasteiger partial charge is 0.0157 e. The van der Waals surface area contributed by atoms with E-state index in [-0.39, 0.29) is 0 Å². The molecule has 0 bridgehead atoms. The summed E-state index contributed by atoms with van der Waals surface area (Å²) in [6.07, 6.45) is 5.40. The number of hydrogen-bond donors (Lipinski definition) is 0. The van der Waals surface area contributed by atoms with Gasteiger partial charge in [0, 0.05) is 0 Å². The Bertz CT molecular complexity index is 148. The summed E-state index contributed by atoms with van der Waals surface area (Å²) in [4.78, 5) is 0. The zero-order valence-electron chi connectivity index (χ0n) is 8.11. The molecule has 0 N–H and O–H groups in total. The summed E-state index contributed by atoms with van der Waals surface area (Å²) in [5.74, 6) is 0.774. The lowest BCUT2D eigenvalue weighted by Gasteiger charge is -2.35. The van der Waals surface area contributed by atoms with Crippen LogP contribution in [0.5, 0.6) is 0 Å². The minimum Gasteiger partial charge on any atom is -0.0996 e. The molecule has 0 aromatic rings. The first-order valence-electron chi connectivity index (χ1n) is 4.69. The first kappa shape index (κ1) is 8.83. The Morgan fingerprint density at radius 3 is 2.27 bits per heavy atom. The number of rotatable bonds is 0. The molecule has 0 radical (unpaired) electrons. The minimum absolute atomic E-state index is 0.442. The van der Waals surface area contributed by atoms with E-state index >= 15 is 0 Å². The predicted molar refractivity (Wildman–Crippen MR) is 50.6 cm³/mol. The van der Waals surface area contributed by atoms with Crippen LogP contribution in [0.3, 0.4) is 0 Å². The fourth-order valence-electron chi connectivity index (χ4n) is 2.12. The predicted octanol–water partition coefficient (Wildman–Crippen LogP) is 3.78. The fraction of sp³-hybridized carbons (Fsp3) is 0.818. The second-order valence-corrected chi connectivity index (χ2v) is 4.82. The maximum atomic E-state index is 4.16. The van der Waals surface area contributed by atoms with E-state index in [9.17, 15) is 0 Å². The van der Waals surface area contributed by atoms with E-state index in [0.29, 0.717) is 5.41 Å². The van der Waals surface area contributed by atoms with Crippen LogP contribution in [0.1, 0.15) is 46.5 Å². The molecule has 64 valence electrons. The standard InChI is InChI=1S/C11H20/c1-9-7-5-6-8-10(9)11(2,3)4/h10H,1,5-8H2,2-4H3. The average molecular weight is 152 g/mol. The minimum atomic E-state index is 0.442. The maximum Gasteiger partial charge on any atom is -0.0157 e. The monoisotopic (exact) mass is 152 g/mol. The normalized spacial score (nSPS) is 27.2. The molecule has 1 aliphatic rings. The van der Waals surface area contributed by atoms with E-state index in [1.165, 1.54) is 31.3 Å². The highest BCUT2D eigenvalue weighted by molar-refractivity contribution is 5.07. The lowest BCUT2D eigenvalue weighted by atomic mass is 9.70. The molecule has 0 spiro atoms. The quantitative estimate of drug-likeness (QED) is 0.463. The van der Waals surface area contributed by atoms with Crippen LogP contribution in [0.4, 0.5) is 0 Å². The van der Waals surface area contributed by atoms with Crippen molar-refractivity contribution in [1.82, 2.24) is 0 Å². The second kappa shape index (κ2) is 3.00. The topological polar surface area (TPSA) is 0 Å². The van der Waals surface area contributed by atoms with Gasteiger partial charge < -0.3 is 0 Å². The van der Waals surface area contributed by atoms with Crippen molar-refractivity contribution in [3.05, 3.63) is 12.2 Å². The van der Waals surface area contributed by atoms with E-state index in [0.717, 1.165) is 5.92 Å². The summed E-state index contributed by atoms with van der Waals surface area (Å²) in [7, 11) is 0. The van der Waals surface area contributed by atoms with Crippen LogP contribution in [0, 0.1) is 11.3 Å². The van der Waals surface area contributed by atoms with Crippen molar-refractivity contribution in [2.75, 3.05) is 0 Å². The van der Waals surface area contributed by atoms with Gasteiger partial charge in [0.15, 0.2) is 0 Å². The van der Waals surface area contributed by atoms with Crippen LogP contribution < -0.4 is 0 Å². The van der Waals surface area contributed by atoms with Gasteiger partial charge in [-0.25, -0.2) is 0 Å². The highest BCUT2D eigenvalue weighted by Gasteiger charge is 2.28. The first-order valence-corrected chi connectivity index (χ1v) is 4.69. The van der Waals surface area contributed by atoms with Crippen LogP contribution in [-0.4, -0.2) is 0 Å². The fourth-order valence-corrected chi connectivity index (χ4v) is 2.12. The van der Waals surface area contributed by atoms with Gasteiger partial charge in [-0.05, 0) is 30.6 Å². The van der Waals surface area contributed by atoms with Gasteiger partial charge in [0.25, 0.3) is 0 Å². The summed E-state index contributed by atoms with van der Waals surface area (Å²) in [5.41, 5.74) is 1.93. The van der Waals surface area contributed by atoms with Gasteiger partial charge in [-0.2, -0.15) is 0 Å². The maximum absolute atomic E-state index is 4.16. The molecule has 0 aromatic carbocycles. The molecule has 1 fully saturated rings. The highest BCUT2D eigenvalue weighted by atomic mass is 14.3. The summed E-state index contributed by atoms with van der Waals surface area (Å²) < 4.78 is 0. The zero-order valence-corrected chi connectivity index (χ0v) is 8.11. The summed E-state index contributed by atoms with van der Waals surface area (Å²) in [5, 5.41) is 0. The van der Waals surface area contributed by atoms with Gasteiger partial charge in [-0.1, -0.05) is 39.3 Å². The molecule has 1 aliphatic carbocycles. The van der Waals surface area contributed by atoms with Crippen molar-refractivity contribution < 1.29 is 0 Å². The molecule has 0 aliphatic heterocycles. The molecule has 0 amide bonds. The third-order valence-corrected chi connectivity index (χ3v) is 2.78. The van der Waals surface area contributed by atoms with Gasteiger partial charge in [-0.15, -0.1) is 0 Å². The second-order valence-electron chi connectivity index (χ2n) is 4.82. The first-order chi connectivity index (χ1) is 5.02. The molecule has 0 heteroatoms. The number of hydrogen-bond acceptors (Lipinski definition) is 0. The molecule has 0 nitrogen and oxygen atoms in total. The highest BCUT2D eigenvalue weighted by Crippen LogP contribution is 2.40. The van der Waals surface area contributed by atoms with Gasteiger partial charge in [0.2, 0.25) is 0 Å². The van der Waals surface area contributed by atoms with E-state index in [1.807, 2.05) is 0 Å². The van der Waals surface area contributed by atoms with E-state index in [2.05, 4.69) is 27.4 Å². The van der Waals surface area contributed by atoms with Crippen molar-refractivity contribution in [1.29, 1.82) is 0 Å². The van der Waals surface area contributed by atoms with Crippen molar-refractivity contribution in [3.8, 4) is 0 Å². The third kappa shape index (κ3) is 2.08. The van der Waals surface area contributed by atoms with Crippen molar-refractivity contribution in [2.24, 2.45) is 11.3 Å². The van der Waals surface area contributed by atoms with Crippen LogP contribution >= 0.6 is 0 Å². The zero-order chi connectivity index (χ0) is 8.48. The largest absolute Gasteiger partial charge is 0.0996 e. The van der Waals surface area contributed by atoms with Gasteiger partial charge >= 0.3 is 0 Å². The van der Waals surface area contributed by atoms with Crippen LogP contribution in [0.2, 0.25) is 0 Å². The van der Waals surface area contributed by atoms with Crippen LogP contribution in [0.15, 0.2) is 12.2 Å². The molecule has 1 rings (SSSR count). The van der Waals surface area contributed by atoms with E-state index < -0.39 is 0 Å². The molecule has 1 atom stereocenters. The van der Waals surface area contributed by atoms with E-state index in [4.69, 9.17) is 0 Å². The van der Waals surface area contributed by atoms with Gasteiger partial charge in [0.1, 0.15) is 0 Å². The summed E-state index contributed by atoms with van der Waals surface area (Å²) in [6.45, 7) is 11.1. The molecule has 11 heavy (non-hydrogen) atoms. The van der Waals surface area contributed by atoms with Crippen LogP contribution in [-0.2, 0) is 0 Å². The lowest BCUT2D eigenvalue weighted by Crippen LogP contribution is -2.24. The molecule has 1 unspecified atom stereocenters. The summed E-state index contributed by atoms with van der Waals surface area (Å²) >= 11 is 0. The Morgan fingerprint density at radius 2 is 1.91 bits per heavy atom. The van der Waals surface area contributed by atoms with Gasteiger partial charge in [-0.3, -0.25) is 0 Å². The SMILES string of the molecule is C=C1CCCCC1C(C)(C)C. The van der Waals surface area contributed by atoms with Gasteiger partial charge in [0.05, 0.1) is 0 Å². The molecule has 0 aromatic heterocycles. The summed E-state index contributed by atoms with van der Waals surface area (Å²) in [6, 6.07) is 0. The Hall–Kier alpha value is -0.260. The van der Waals surface area contributed by atoms with E-state index in [1.54, 1.807) is 0 Å².